The number of allylic oxidation sites excluding steroid dienone is 5. The standard InChI is InChI=1S/C32H48O2/c1-20-12-13-27-17-30(26(7)24(5)25(27)6)31-18-29(33)11-9-10-28(31)19-32(8,34)23(4)16-22(3)15-21(2)14-20/h14,18-20,22-27,30,34H,11-13,15-17H2,1-8H3/b21-14+,28-19+/t20-,22?,23-,24?,25?,26?,27?,30?,32?/m0/s1. The molecule has 7 unspecified atom stereocenters. The quantitative estimate of drug-likeness (QED) is 0.297. The van der Waals surface area contributed by atoms with Crippen LogP contribution in [0.4, 0.5) is 0 Å². The number of rotatable bonds is 0. The van der Waals surface area contributed by atoms with Gasteiger partial charge < -0.3 is 5.11 Å². The minimum absolute atomic E-state index is 0.102. The number of carbonyl (C=O) groups is 1. The van der Waals surface area contributed by atoms with Gasteiger partial charge in [-0.1, -0.05) is 65.0 Å². The topological polar surface area (TPSA) is 37.3 Å². The molecule has 3 aliphatic carbocycles. The summed E-state index contributed by atoms with van der Waals surface area (Å²) in [4.78, 5) is 12.7. The van der Waals surface area contributed by atoms with Gasteiger partial charge in [0, 0.05) is 5.57 Å². The summed E-state index contributed by atoms with van der Waals surface area (Å²) < 4.78 is 0. The maximum absolute atomic E-state index is 12.7. The summed E-state index contributed by atoms with van der Waals surface area (Å²) in [5.41, 5.74) is 2.49. The van der Waals surface area contributed by atoms with Crippen molar-refractivity contribution in [1.82, 2.24) is 0 Å². The van der Waals surface area contributed by atoms with Crippen LogP contribution in [-0.4, -0.2) is 16.5 Å². The van der Waals surface area contributed by atoms with Crippen molar-refractivity contribution in [3.05, 3.63) is 34.9 Å². The second kappa shape index (κ2) is 11.0. The Hall–Kier alpha value is -1.59. The molecule has 0 saturated heterocycles. The zero-order valence-corrected chi connectivity index (χ0v) is 22.9. The lowest BCUT2D eigenvalue weighted by molar-refractivity contribution is -0.113. The molecule has 1 N–H and O–H groups in total. The number of fused-ring (bicyclic) bond motifs is 4. The van der Waals surface area contributed by atoms with Crippen LogP contribution >= 0.6 is 0 Å². The first-order valence-corrected chi connectivity index (χ1v) is 13.7. The number of aliphatic hydroxyl groups is 1. The van der Waals surface area contributed by atoms with Crippen LogP contribution in [0, 0.1) is 59.2 Å². The first kappa shape index (κ1) is 27.0. The van der Waals surface area contributed by atoms with Crippen molar-refractivity contribution >= 4 is 5.78 Å². The predicted molar refractivity (Wildman–Crippen MR) is 143 cm³/mol. The molecule has 2 nitrogen and oxygen atoms in total. The van der Waals surface area contributed by atoms with Gasteiger partial charge in [-0.15, -0.1) is 0 Å². The molecule has 34 heavy (non-hydrogen) atoms. The molecule has 1 saturated carbocycles. The van der Waals surface area contributed by atoms with Crippen molar-refractivity contribution in [3.8, 4) is 11.8 Å². The smallest absolute Gasteiger partial charge is 0.167 e. The minimum atomic E-state index is -0.969. The number of hydrogen-bond acceptors (Lipinski definition) is 2. The lowest BCUT2D eigenvalue weighted by Gasteiger charge is -2.45. The van der Waals surface area contributed by atoms with Gasteiger partial charge in [0.05, 0.1) is 12.0 Å². The van der Waals surface area contributed by atoms with Crippen LogP contribution in [0.15, 0.2) is 34.9 Å². The van der Waals surface area contributed by atoms with E-state index in [1.807, 2.05) is 19.1 Å². The van der Waals surface area contributed by atoms with E-state index in [1.165, 1.54) is 18.4 Å². The van der Waals surface area contributed by atoms with E-state index in [9.17, 15) is 9.90 Å². The molecule has 0 heterocycles. The second-order valence-electron chi connectivity index (χ2n) is 12.5. The van der Waals surface area contributed by atoms with Crippen LogP contribution in [0.5, 0.6) is 0 Å². The number of hydrogen-bond donors (Lipinski definition) is 1. The van der Waals surface area contributed by atoms with Crippen molar-refractivity contribution in [2.75, 3.05) is 0 Å². The summed E-state index contributed by atoms with van der Waals surface area (Å²) in [6.45, 7) is 18.2. The van der Waals surface area contributed by atoms with E-state index in [4.69, 9.17) is 0 Å². The van der Waals surface area contributed by atoms with Gasteiger partial charge in [0.1, 0.15) is 0 Å². The highest BCUT2D eigenvalue weighted by Gasteiger charge is 2.41. The third kappa shape index (κ3) is 6.34. The van der Waals surface area contributed by atoms with E-state index in [0.717, 1.165) is 30.4 Å². The predicted octanol–water partition coefficient (Wildman–Crippen LogP) is 7.54. The molecule has 0 amide bonds. The van der Waals surface area contributed by atoms with E-state index >= 15 is 0 Å². The highest BCUT2D eigenvalue weighted by molar-refractivity contribution is 5.94. The molecule has 0 radical (unpaired) electrons. The van der Waals surface area contributed by atoms with Crippen LogP contribution < -0.4 is 0 Å². The summed E-state index contributed by atoms with van der Waals surface area (Å²) >= 11 is 0. The van der Waals surface area contributed by atoms with Gasteiger partial charge in [0.2, 0.25) is 0 Å². The first-order valence-electron chi connectivity index (χ1n) is 13.7. The molecule has 2 bridgehead atoms. The van der Waals surface area contributed by atoms with Gasteiger partial charge in [0.25, 0.3) is 0 Å². The third-order valence-corrected chi connectivity index (χ3v) is 9.53. The molecule has 3 rings (SSSR count). The molecule has 3 aliphatic rings. The summed E-state index contributed by atoms with van der Waals surface area (Å²) in [5.74, 6) is 10.4. The molecule has 0 aliphatic heterocycles. The maximum atomic E-state index is 12.7. The van der Waals surface area contributed by atoms with Crippen molar-refractivity contribution < 1.29 is 9.90 Å². The van der Waals surface area contributed by atoms with Crippen molar-refractivity contribution in [3.63, 3.8) is 0 Å². The van der Waals surface area contributed by atoms with Gasteiger partial charge >= 0.3 is 0 Å². The number of carbonyl (C=O) groups excluding carboxylic acids is 1. The first-order chi connectivity index (χ1) is 15.9. The average Bonchev–Trinajstić information content (AvgIpc) is 2.91. The SMILES string of the molecule is C/C1=C\[C@@H](C)CCC2CC(C3=CC(=O)CC#C/C3=C\C(C)(O)[C@@H](C)CC(C)C1)C(C)C(C)C2C. The van der Waals surface area contributed by atoms with Crippen LogP contribution in [-0.2, 0) is 4.79 Å². The third-order valence-electron chi connectivity index (χ3n) is 9.53. The molecular weight excluding hydrogens is 416 g/mol. The van der Waals surface area contributed by atoms with Crippen LogP contribution in [0.2, 0.25) is 0 Å². The molecular formula is C32H48O2. The van der Waals surface area contributed by atoms with Crippen LogP contribution in [0.25, 0.3) is 0 Å². The Morgan fingerprint density at radius 3 is 2.41 bits per heavy atom. The van der Waals surface area contributed by atoms with Gasteiger partial charge in [-0.3, -0.25) is 4.79 Å². The average molecular weight is 465 g/mol. The molecule has 0 spiro atoms. The Balaban J connectivity index is 2.09. The fourth-order valence-corrected chi connectivity index (χ4v) is 6.87. The van der Waals surface area contributed by atoms with Crippen molar-refractivity contribution in [2.24, 2.45) is 47.3 Å². The molecule has 0 aromatic rings. The zero-order valence-electron chi connectivity index (χ0n) is 22.9. The summed E-state index contributed by atoms with van der Waals surface area (Å²) in [5, 5.41) is 11.6. The largest absolute Gasteiger partial charge is 0.386 e. The minimum Gasteiger partial charge on any atom is -0.386 e. The monoisotopic (exact) mass is 464 g/mol. The lowest BCUT2D eigenvalue weighted by Crippen LogP contribution is -2.38. The summed E-state index contributed by atoms with van der Waals surface area (Å²) in [6, 6.07) is 0. The van der Waals surface area contributed by atoms with E-state index in [1.54, 1.807) is 0 Å². The van der Waals surface area contributed by atoms with Crippen LogP contribution in [0.1, 0.15) is 93.9 Å². The molecule has 2 heteroatoms. The van der Waals surface area contributed by atoms with E-state index in [0.29, 0.717) is 41.4 Å². The van der Waals surface area contributed by atoms with E-state index in [-0.39, 0.29) is 18.1 Å². The van der Waals surface area contributed by atoms with Gasteiger partial charge in [-0.05, 0) is 111 Å². The normalized spacial score (nSPS) is 45.3. The highest BCUT2D eigenvalue weighted by Crippen LogP contribution is 2.48. The Kier molecular flexibility index (Phi) is 8.73. The Morgan fingerprint density at radius 1 is 1.00 bits per heavy atom. The van der Waals surface area contributed by atoms with Crippen molar-refractivity contribution in [1.29, 1.82) is 0 Å². The molecule has 0 aromatic heterocycles. The van der Waals surface area contributed by atoms with E-state index < -0.39 is 5.60 Å². The maximum Gasteiger partial charge on any atom is 0.167 e. The molecule has 1 fully saturated rings. The highest BCUT2D eigenvalue weighted by atomic mass is 16.3. The molecule has 188 valence electrons. The second-order valence-corrected chi connectivity index (χ2v) is 12.5. The fourth-order valence-electron chi connectivity index (χ4n) is 6.87. The Bertz CT molecular complexity index is 905. The fraction of sp³-hybridized carbons (Fsp3) is 0.719. The zero-order chi connectivity index (χ0) is 25.2. The Labute approximate surface area is 209 Å². The summed E-state index contributed by atoms with van der Waals surface area (Å²) in [7, 11) is 0. The summed E-state index contributed by atoms with van der Waals surface area (Å²) in [6.07, 6.45) is 12.2. The molecule has 9 atom stereocenters. The Morgan fingerprint density at radius 2 is 1.71 bits per heavy atom. The lowest BCUT2D eigenvalue weighted by atomic mass is 9.60. The van der Waals surface area contributed by atoms with Crippen molar-refractivity contribution in [2.45, 2.75) is 99.5 Å². The van der Waals surface area contributed by atoms with Crippen LogP contribution in [0.3, 0.4) is 0 Å². The van der Waals surface area contributed by atoms with Gasteiger partial charge in [-0.25, -0.2) is 0 Å². The van der Waals surface area contributed by atoms with E-state index in [2.05, 4.69) is 66.4 Å². The molecule has 0 aromatic carbocycles. The van der Waals surface area contributed by atoms with Gasteiger partial charge in [-0.2, -0.15) is 0 Å². The van der Waals surface area contributed by atoms with Gasteiger partial charge in [0.15, 0.2) is 5.78 Å². The number of ketones is 1.